The van der Waals surface area contributed by atoms with Gasteiger partial charge in [-0.15, -0.1) is 34.0 Å². The predicted octanol–water partition coefficient (Wildman–Crippen LogP) is 11.5. The third kappa shape index (κ3) is 4.00. The van der Waals surface area contributed by atoms with Crippen LogP contribution in [0, 0.1) is 0 Å². The zero-order valence-corrected chi connectivity index (χ0v) is 30.2. The molecule has 0 saturated heterocycles. The Bertz CT molecular complexity index is 2770. The third-order valence-corrected chi connectivity index (χ3v) is 13.6. The molecule has 0 saturated carbocycles. The molecular formula is C40H30N4O2S3. The van der Waals surface area contributed by atoms with Crippen LogP contribution in [0.4, 0.5) is 0 Å². The quantitative estimate of drug-likeness (QED) is 0.171. The molecule has 2 aliphatic rings. The first-order chi connectivity index (χ1) is 23.6. The van der Waals surface area contributed by atoms with E-state index in [0.29, 0.717) is 28.4 Å². The molecule has 0 N–H and O–H groups in total. The molecule has 0 unspecified atom stereocenters. The van der Waals surface area contributed by atoms with E-state index in [1.165, 1.54) is 14.6 Å². The van der Waals surface area contributed by atoms with Crippen LogP contribution in [0.5, 0.6) is 5.75 Å². The molecule has 3 aromatic carbocycles. The highest BCUT2D eigenvalue weighted by atomic mass is 32.1. The van der Waals surface area contributed by atoms with Crippen LogP contribution in [0.3, 0.4) is 0 Å². The van der Waals surface area contributed by atoms with E-state index in [2.05, 4.69) is 77.9 Å². The van der Waals surface area contributed by atoms with Crippen molar-refractivity contribution < 1.29 is 9.53 Å². The Kier molecular flexibility index (Phi) is 5.99. The molecule has 49 heavy (non-hydrogen) atoms. The number of benzene rings is 3. The molecule has 0 amide bonds. The fraction of sp³-hybridized carbons (Fsp3) is 0.225. The topological polar surface area (TPSA) is 77.9 Å². The number of thiophene rings is 3. The van der Waals surface area contributed by atoms with Gasteiger partial charge in [0.25, 0.3) is 0 Å². The van der Waals surface area contributed by atoms with Crippen molar-refractivity contribution in [1.29, 1.82) is 0 Å². The van der Waals surface area contributed by atoms with Gasteiger partial charge in [-0.05, 0) is 43.9 Å². The second kappa shape index (κ2) is 10.00. The Hall–Kier alpha value is -4.57. The normalized spacial score (nSPS) is 14.7. The maximum Gasteiger partial charge on any atom is 0.214 e. The number of carbonyl (C=O) groups excluding carboxylic acids is 1. The molecule has 0 atom stereocenters. The lowest BCUT2D eigenvalue weighted by Crippen LogP contribution is -2.27. The van der Waals surface area contributed by atoms with Crippen LogP contribution in [-0.2, 0) is 5.60 Å². The highest BCUT2D eigenvalue weighted by Gasteiger charge is 2.38. The van der Waals surface area contributed by atoms with Crippen LogP contribution in [0.2, 0.25) is 0 Å². The lowest BCUT2D eigenvalue weighted by Gasteiger charge is -2.31. The van der Waals surface area contributed by atoms with Crippen LogP contribution >= 0.6 is 34.0 Å². The highest BCUT2D eigenvalue weighted by molar-refractivity contribution is 7.25. The first-order valence-electron chi connectivity index (χ1n) is 16.6. The zero-order chi connectivity index (χ0) is 33.5. The van der Waals surface area contributed by atoms with E-state index in [-0.39, 0.29) is 11.7 Å². The van der Waals surface area contributed by atoms with Gasteiger partial charge in [0.2, 0.25) is 5.78 Å². The minimum Gasteiger partial charge on any atom is -0.482 e. The number of hydrogen-bond donors (Lipinski definition) is 0. The predicted molar refractivity (Wildman–Crippen MR) is 203 cm³/mol. The molecule has 10 rings (SSSR count). The number of rotatable bonds is 3. The molecule has 0 fully saturated rings. The van der Waals surface area contributed by atoms with Gasteiger partial charge in [-0.25, -0.2) is 19.9 Å². The average Bonchev–Trinajstić information content (AvgIpc) is 3.85. The Balaban J connectivity index is 1.37. The van der Waals surface area contributed by atoms with Crippen molar-refractivity contribution in [3.8, 4) is 37.2 Å². The Morgan fingerprint density at radius 2 is 1.41 bits per heavy atom. The molecule has 240 valence electrons. The summed E-state index contributed by atoms with van der Waals surface area (Å²) < 4.78 is 7.83. The van der Waals surface area contributed by atoms with E-state index in [1.54, 1.807) is 22.7 Å². The van der Waals surface area contributed by atoms with Gasteiger partial charge in [-0.1, -0.05) is 70.2 Å². The smallest absolute Gasteiger partial charge is 0.214 e. The minimum atomic E-state index is -0.529. The third-order valence-electron chi connectivity index (χ3n) is 9.80. The van der Waals surface area contributed by atoms with Gasteiger partial charge in [0.15, 0.2) is 0 Å². The highest BCUT2D eigenvalue weighted by Crippen LogP contribution is 2.56. The van der Waals surface area contributed by atoms with Crippen LogP contribution in [-0.4, -0.2) is 25.7 Å². The lowest BCUT2D eigenvalue weighted by atomic mass is 9.92. The second-order valence-corrected chi connectivity index (χ2v) is 17.2. The number of aromatic nitrogens is 4. The van der Waals surface area contributed by atoms with Gasteiger partial charge < -0.3 is 4.74 Å². The van der Waals surface area contributed by atoms with E-state index in [9.17, 15) is 4.79 Å². The van der Waals surface area contributed by atoms with Crippen molar-refractivity contribution in [2.45, 2.75) is 59.0 Å². The summed E-state index contributed by atoms with van der Waals surface area (Å²) in [5.41, 5.74) is 8.97. The summed E-state index contributed by atoms with van der Waals surface area (Å²) >= 11 is 5.24. The van der Waals surface area contributed by atoms with Gasteiger partial charge in [0.1, 0.15) is 44.1 Å². The molecule has 0 radical (unpaired) electrons. The Morgan fingerprint density at radius 1 is 0.694 bits per heavy atom. The summed E-state index contributed by atoms with van der Waals surface area (Å²) in [6.07, 6.45) is 0. The van der Waals surface area contributed by atoms with Crippen molar-refractivity contribution >= 4 is 82.3 Å². The van der Waals surface area contributed by atoms with E-state index >= 15 is 0 Å². The maximum absolute atomic E-state index is 13.7. The number of nitrogens with zero attached hydrogens (tertiary/aromatic N) is 4. The number of hydrogen-bond acceptors (Lipinski definition) is 9. The molecule has 0 spiro atoms. The summed E-state index contributed by atoms with van der Waals surface area (Å²) in [6.45, 7) is 13.1. The van der Waals surface area contributed by atoms with Crippen molar-refractivity contribution in [2.24, 2.45) is 0 Å². The van der Waals surface area contributed by atoms with Crippen LogP contribution < -0.4 is 4.74 Å². The van der Waals surface area contributed by atoms with Crippen molar-refractivity contribution in [3.63, 3.8) is 0 Å². The Morgan fingerprint density at radius 3 is 2.20 bits per heavy atom. The molecule has 1 aliphatic heterocycles. The standard InChI is InChI=1S/C40H30N4O2S3/c1-17(2)25-16-23-38(47-25)37-22(40(5,6)46-23)15-26(48-37)28-33-31(43-35-29(41-33)19-11-7-8-12-20(19)36(35)45)27(18(3)4)32-34(28)44-39-30(42-32)21-13-9-10-14-24(21)49-39/h7-18H,1-6H3. The molecule has 6 heterocycles. The lowest BCUT2D eigenvalue weighted by molar-refractivity contribution is 0.103. The fourth-order valence-corrected chi connectivity index (χ4v) is 11.0. The van der Waals surface area contributed by atoms with Gasteiger partial charge in [0.05, 0.1) is 20.8 Å². The van der Waals surface area contributed by atoms with Gasteiger partial charge in [0, 0.05) is 47.7 Å². The summed E-state index contributed by atoms with van der Waals surface area (Å²) in [4.78, 5) is 40.9. The first-order valence-corrected chi connectivity index (χ1v) is 19.0. The summed E-state index contributed by atoms with van der Waals surface area (Å²) in [6, 6.07) is 20.5. The molecule has 1 aliphatic carbocycles. The van der Waals surface area contributed by atoms with Crippen LogP contribution in [0.15, 0.2) is 60.7 Å². The molecular weight excluding hydrogens is 665 g/mol. The Labute approximate surface area is 294 Å². The minimum absolute atomic E-state index is 0.0499. The number of ether oxygens (including phenoxy) is 1. The zero-order valence-electron chi connectivity index (χ0n) is 27.8. The van der Waals surface area contributed by atoms with Gasteiger partial charge in [-0.3, -0.25) is 4.79 Å². The SMILES string of the molecule is CC(C)c1cc2c(s1)-c1sc(-c3c4nc5c(nc4c(C(C)C)c4nc6c(nc34)sc3ccccc36)C(=O)c3ccccc3-5)cc1C(C)(C)O2. The van der Waals surface area contributed by atoms with Gasteiger partial charge >= 0.3 is 0 Å². The van der Waals surface area contributed by atoms with Crippen molar-refractivity contribution in [2.75, 3.05) is 0 Å². The summed E-state index contributed by atoms with van der Waals surface area (Å²) in [5.74, 6) is 1.32. The first kappa shape index (κ1) is 29.4. The summed E-state index contributed by atoms with van der Waals surface area (Å²) in [7, 11) is 0. The van der Waals surface area contributed by atoms with Crippen molar-refractivity contribution in [3.05, 3.63) is 87.9 Å². The van der Waals surface area contributed by atoms with Crippen LogP contribution in [0.25, 0.3) is 74.0 Å². The van der Waals surface area contributed by atoms with Gasteiger partial charge in [-0.2, -0.15) is 0 Å². The molecule has 6 nitrogen and oxygen atoms in total. The largest absolute Gasteiger partial charge is 0.482 e. The average molecular weight is 695 g/mol. The van der Waals surface area contributed by atoms with E-state index in [4.69, 9.17) is 24.7 Å². The number of fused-ring (bicyclic) bond motifs is 11. The summed E-state index contributed by atoms with van der Waals surface area (Å²) in [5, 5.41) is 1.09. The monoisotopic (exact) mass is 694 g/mol. The molecule has 5 aromatic heterocycles. The number of ketones is 1. The second-order valence-electron chi connectivity index (χ2n) is 14.1. The van der Waals surface area contributed by atoms with Crippen LogP contribution in [0.1, 0.15) is 85.4 Å². The van der Waals surface area contributed by atoms with Crippen molar-refractivity contribution in [1.82, 2.24) is 19.9 Å². The fourth-order valence-electron chi connectivity index (χ4n) is 7.42. The molecule has 0 bridgehead atoms. The molecule has 9 heteroatoms. The molecule has 8 aromatic rings. The van der Waals surface area contributed by atoms with E-state index in [0.717, 1.165) is 69.9 Å². The van der Waals surface area contributed by atoms with E-state index in [1.807, 2.05) is 35.6 Å². The maximum atomic E-state index is 13.7. The number of carbonyl (C=O) groups is 1. The van der Waals surface area contributed by atoms with E-state index < -0.39 is 5.60 Å².